The monoisotopic (exact) mass is 264 g/mol. The van der Waals surface area contributed by atoms with E-state index in [-0.39, 0.29) is 17.9 Å². The molecule has 18 heavy (non-hydrogen) atoms. The lowest BCUT2D eigenvalue weighted by molar-refractivity contribution is -0.120. The SMILES string of the molecule is CSc1ccccc1NC(=O)C1CCCC(N)C1. The van der Waals surface area contributed by atoms with Crippen LogP contribution < -0.4 is 11.1 Å². The average Bonchev–Trinajstić information content (AvgIpc) is 2.39. The molecule has 1 aliphatic carbocycles. The second-order valence-electron chi connectivity index (χ2n) is 4.81. The summed E-state index contributed by atoms with van der Waals surface area (Å²) < 4.78 is 0. The maximum absolute atomic E-state index is 12.2. The molecule has 0 heterocycles. The maximum atomic E-state index is 12.2. The zero-order valence-corrected chi connectivity index (χ0v) is 11.5. The van der Waals surface area contributed by atoms with Gasteiger partial charge in [-0.2, -0.15) is 0 Å². The smallest absolute Gasteiger partial charge is 0.227 e. The number of carbonyl (C=O) groups excluding carboxylic acids is 1. The van der Waals surface area contributed by atoms with E-state index in [1.54, 1.807) is 11.8 Å². The molecule has 1 aromatic carbocycles. The van der Waals surface area contributed by atoms with Crippen molar-refractivity contribution in [1.29, 1.82) is 0 Å². The molecule has 3 nitrogen and oxygen atoms in total. The van der Waals surface area contributed by atoms with Gasteiger partial charge in [-0.15, -0.1) is 11.8 Å². The van der Waals surface area contributed by atoms with Crippen LogP contribution in [-0.2, 0) is 4.79 Å². The normalized spacial score (nSPS) is 23.7. The summed E-state index contributed by atoms with van der Waals surface area (Å²) in [5.74, 6) is 0.190. The number of nitrogens with two attached hydrogens (primary N) is 1. The molecule has 0 aliphatic heterocycles. The summed E-state index contributed by atoms with van der Waals surface area (Å²) >= 11 is 1.65. The number of rotatable bonds is 3. The van der Waals surface area contributed by atoms with Gasteiger partial charge >= 0.3 is 0 Å². The number of thioether (sulfide) groups is 1. The van der Waals surface area contributed by atoms with Crippen molar-refractivity contribution in [2.75, 3.05) is 11.6 Å². The van der Waals surface area contributed by atoms with Gasteiger partial charge in [0.25, 0.3) is 0 Å². The van der Waals surface area contributed by atoms with E-state index in [1.807, 2.05) is 30.5 Å². The fourth-order valence-electron chi connectivity index (χ4n) is 2.45. The minimum atomic E-state index is 0.0728. The highest BCUT2D eigenvalue weighted by Crippen LogP contribution is 2.28. The molecule has 1 aliphatic rings. The number of nitrogens with one attached hydrogen (secondary N) is 1. The number of hydrogen-bond donors (Lipinski definition) is 2. The van der Waals surface area contributed by atoms with Crippen LogP contribution in [0.2, 0.25) is 0 Å². The number of benzene rings is 1. The molecule has 1 amide bonds. The Balaban J connectivity index is 2.02. The Bertz CT molecular complexity index is 422. The van der Waals surface area contributed by atoms with Gasteiger partial charge < -0.3 is 11.1 Å². The first-order chi connectivity index (χ1) is 8.70. The summed E-state index contributed by atoms with van der Waals surface area (Å²) in [6.45, 7) is 0. The van der Waals surface area contributed by atoms with Crippen LogP contribution in [0.3, 0.4) is 0 Å². The van der Waals surface area contributed by atoms with Gasteiger partial charge in [0.2, 0.25) is 5.91 Å². The van der Waals surface area contributed by atoms with Gasteiger partial charge in [-0.25, -0.2) is 0 Å². The summed E-state index contributed by atoms with van der Waals surface area (Å²) in [7, 11) is 0. The lowest BCUT2D eigenvalue weighted by atomic mass is 9.85. The van der Waals surface area contributed by atoms with Gasteiger partial charge in [-0.1, -0.05) is 18.6 Å². The van der Waals surface area contributed by atoms with Crippen molar-refractivity contribution in [2.45, 2.75) is 36.6 Å². The molecule has 1 saturated carbocycles. The van der Waals surface area contributed by atoms with Crippen molar-refractivity contribution in [1.82, 2.24) is 0 Å². The summed E-state index contributed by atoms with van der Waals surface area (Å²) in [4.78, 5) is 13.3. The second kappa shape index (κ2) is 6.25. The first-order valence-corrected chi connectivity index (χ1v) is 7.62. The highest BCUT2D eigenvalue weighted by Gasteiger charge is 2.25. The lowest BCUT2D eigenvalue weighted by Crippen LogP contribution is -2.34. The number of carbonyl (C=O) groups is 1. The Morgan fingerprint density at radius 3 is 2.89 bits per heavy atom. The molecule has 0 bridgehead atoms. The highest BCUT2D eigenvalue weighted by atomic mass is 32.2. The van der Waals surface area contributed by atoms with Gasteiger partial charge in [-0.05, 0) is 37.7 Å². The summed E-state index contributed by atoms with van der Waals surface area (Å²) in [6.07, 6.45) is 5.89. The number of amides is 1. The van der Waals surface area contributed by atoms with Crippen molar-refractivity contribution in [3.63, 3.8) is 0 Å². The highest BCUT2D eigenvalue weighted by molar-refractivity contribution is 7.98. The predicted molar refractivity (Wildman–Crippen MR) is 76.8 cm³/mol. The van der Waals surface area contributed by atoms with Crippen LogP contribution in [0.4, 0.5) is 5.69 Å². The number of anilines is 1. The molecule has 1 aromatic rings. The van der Waals surface area contributed by atoms with Crippen LogP contribution in [0.5, 0.6) is 0 Å². The molecule has 98 valence electrons. The second-order valence-corrected chi connectivity index (χ2v) is 5.66. The first kappa shape index (κ1) is 13.4. The minimum Gasteiger partial charge on any atom is -0.328 e. The summed E-state index contributed by atoms with van der Waals surface area (Å²) in [6, 6.07) is 8.09. The predicted octanol–water partition coefficient (Wildman–Crippen LogP) is 2.86. The largest absolute Gasteiger partial charge is 0.328 e. The quantitative estimate of drug-likeness (QED) is 0.825. The van der Waals surface area contributed by atoms with Crippen molar-refractivity contribution in [3.05, 3.63) is 24.3 Å². The Hall–Kier alpha value is -1.00. The minimum absolute atomic E-state index is 0.0728. The van der Waals surface area contributed by atoms with Crippen molar-refractivity contribution in [2.24, 2.45) is 11.7 Å². The van der Waals surface area contributed by atoms with E-state index in [0.717, 1.165) is 36.3 Å². The van der Waals surface area contributed by atoms with Crippen LogP contribution in [0.25, 0.3) is 0 Å². The fourth-order valence-corrected chi connectivity index (χ4v) is 3.00. The Morgan fingerprint density at radius 1 is 1.39 bits per heavy atom. The third kappa shape index (κ3) is 3.27. The Labute approximate surface area is 113 Å². The molecule has 0 radical (unpaired) electrons. The zero-order valence-electron chi connectivity index (χ0n) is 10.7. The molecule has 2 atom stereocenters. The molecule has 0 spiro atoms. The van der Waals surface area contributed by atoms with E-state index >= 15 is 0 Å². The van der Waals surface area contributed by atoms with Gasteiger partial charge in [0.1, 0.15) is 0 Å². The van der Waals surface area contributed by atoms with Gasteiger partial charge in [0.15, 0.2) is 0 Å². The van der Waals surface area contributed by atoms with E-state index in [1.165, 1.54) is 0 Å². The van der Waals surface area contributed by atoms with Gasteiger partial charge in [0, 0.05) is 16.9 Å². The molecule has 4 heteroatoms. The molecule has 2 unspecified atom stereocenters. The molecule has 1 fully saturated rings. The van der Waals surface area contributed by atoms with E-state index in [4.69, 9.17) is 5.73 Å². The van der Waals surface area contributed by atoms with E-state index in [9.17, 15) is 4.79 Å². The van der Waals surface area contributed by atoms with Crippen molar-refractivity contribution in [3.8, 4) is 0 Å². The fraction of sp³-hybridized carbons (Fsp3) is 0.500. The number of para-hydroxylation sites is 1. The lowest BCUT2D eigenvalue weighted by Gasteiger charge is -2.25. The molecular formula is C14H20N2OS. The molecule has 2 rings (SSSR count). The third-order valence-corrected chi connectivity index (χ3v) is 4.25. The standard InChI is InChI=1S/C14H20N2OS/c1-18-13-8-3-2-7-12(13)16-14(17)10-5-4-6-11(15)9-10/h2-3,7-8,10-11H,4-6,9,15H2,1H3,(H,16,17). The van der Waals surface area contributed by atoms with E-state index in [2.05, 4.69) is 5.32 Å². The average molecular weight is 264 g/mol. The maximum Gasteiger partial charge on any atom is 0.227 e. The summed E-state index contributed by atoms with van der Waals surface area (Å²) in [5.41, 5.74) is 6.84. The van der Waals surface area contributed by atoms with Gasteiger partial charge in [-0.3, -0.25) is 4.79 Å². The summed E-state index contributed by atoms with van der Waals surface area (Å²) in [5, 5.41) is 3.04. The van der Waals surface area contributed by atoms with Crippen LogP contribution in [0, 0.1) is 5.92 Å². The van der Waals surface area contributed by atoms with Crippen LogP contribution in [0.1, 0.15) is 25.7 Å². The van der Waals surface area contributed by atoms with Crippen molar-refractivity contribution >= 4 is 23.4 Å². The Kier molecular flexibility index (Phi) is 4.66. The van der Waals surface area contributed by atoms with Crippen LogP contribution >= 0.6 is 11.8 Å². The van der Waals surface area contributed by atoms with Crippen LogP contribution in [-0.4, -0.2) is 18.2 Å². The Morgan fingerprint density at radius 2 is 2.17 bits per heavy atom. The van der Waals surface area contributed by atoms with E-state index < -0.39 is 0 Å². The topological polar surface area (TPSA) is 55.1 Å². The number of hydrogen-bond acceptors (Lipinski definition) is 3. The third-order valence-electron chi connectivity index (χ3n) is 3.45. The van der Waals surface area contributed by atoms with Gasteiger partial charge in [0.05, 0.1) is 5.69 Å². The molecular weight excluding hydrogens is 244 g/mol. The molecule has 3 N–H and O–H groups in total. The molecule has 0 aromatic heterocycles. The van der Waals surface area contributed by atoms with E-state index in [0.29, 0.717) is 0 Å². The van der Waals surface area contributed by atoms with Crippen molar-refractivity contribution < 1.29 is 4.79 Å². The van der Waals surface area contributed by atoms with Crippen LogP contribution in [0.15, 0.2) is 29.2 Å². The molecule has 0 saturated heterocycles. The first-order valence-electron chi connectivity index (χ1n) is 6.40. The zero-order chi connectivity index (χ0) is 13.0.